The summed E-state index contributed by atoms with van der Waals surface area (Å²) >= 11 is -1.57. The zero-order valence-electron chi connectivity index (χ0n) is 12.5. The zero-order chi connectivity index (χ0) is 13.8. The summed E-state index contributed by atoms with van der Waals surface area (Å²) in [4.78, 5) is 12.4. The van der Waals surface area contributed by atoms with Crippen LogP contribution in [0.15, 0.2) is 46.4 Å². The molecule has 2 nitrogen and oxygen atoms in total. The molecule has 0 fully saturated rings. The Morgan fingerprint density at radius 2 is 2.00 bits per heavy atom. The van der Waals surface area contributed by atoms with E-state index in [0.29, 0.717) is 0 Å². The Morgan fingerprint density at radius 3 is 2.52 bits per heavy atom. The van der Waals surface area contributed by atoms with Gasteiger partial charge in [0.05, 0.1) is 0 Å². The molecule has 21 heavy (non-hydrogen) atoms. The standard InChI is InChI=1S/C8H9NO.C5H5.C2H7Si.2ClH.Ti/c1-6-3-2-4-7(5-6)8(9)10;1-2-4-5-3-1;1-3-2;;;/h2-5H,1H3,(H2,9,10);1-3H,4H2;3H,1-2H3;2*1H;/q;;;;;+3/p-3. The minimum atomic E-state index is -1.57. The van der Waals surface area contributed by atoms with Crippen LogP contribution in [-0.2, 0) is 17.4 Å². The third-order valence-corrected chi connectivity index (χ3v) is 14.3. The molecule has 1 aliphatic carbocycles. The van der Waals surface area contributed by atoms with Crippen LogP contribution in [0.3, 0.4) is 0 Å². The summed E-state index contributed by atoms with van der Waals surface area (Å²) < 4.78 is 4.90. The average molecular weight is 377 g/mol. The van der Waals surface area contributed by atoms with Gasteiger partial charge in [-0.1, -0.05) is 0 Å². The summed E-state index contributed by atoms with van der Waals surface area (Å²) in [7, 11) is 0. The molecule has 1 amide bonds. The van der Waals surface area contributed by atoms with Crippen molar-refractivity contribution in [2.24, 2.45) is 0 Å². The van der Waals surface area contributed by atoms with Crippen molar-refractivity contribution in [1.82, 2.24) is 3.80 Å². The van der Waals surface area contributed by atoms with Gasteiger partial charge in [-0.05, 0) is 0 Å². The number of hydrogen-bond acceptors (Lipinski definition) is 1. The van der Waals surface area contributed by atoms with Gasteiger partial charge in [-0.15, -0.1) is 0 Å². The number of amides is 1. The normalized spacial score (nSPS) is 12.3. The van der Waals surface area contributed by atoms with Gasteiger partial charge in [0.2, 0.25) is 0 Å². The average Bonchev–Trinajstić information content (AvgIpc) is 2.88. The van der Waals surface area contributed by atoms with Gasteiger partial charge < -0.3 is 24.8 Å². The molecule has 0 spiro atoms. The third-order valence-electron chi connectivity index (χ3n) is 3.22. The van der Waals surface area contributed by atoms with Crippen LogP contribution >= 0.6 is 0 Å². The van der Waals surface area contributed by atoms with Crippen LogP contribution in [0.1, 0.15) is 22.3 Å². The molecule has 0 aliphatic heterocycles. The van der Waals surface area contributed by atoms with Gasteiger partial charge in [-0.25, -0.2) is 0 Å². The number of hydrogen-bond donors (Lipinski definition) is 1. The van der Waals surface area contributed by atoms with Gasteiger partial charge in [0.15, 0.2) is 0 Å². The summed E-state index contributed by atoms with van der Waals surface area (Å²) in [5.41, 5.74) is 1.93. The maximum absolute atomic E-state index is 12.4. The van der Waals surface area contributed by atoms with Crippen molar-refractivity contribution in [3.63, 3.8) is 0 Å². The van der Waals surface area contributed by atoms with Gasteiger partial charge >= 0.3 is 122 Å². The van der Waals surface area contributed by atoms with E-state index in [-0.39, 0.29) is 30.7 Å². The molecular formula is C15H20Cl2NOSiTi. The molecule has 113 valence electrons. The van der Waals surface area contributed by atoms with Gasteiger partial charge in [0.1, 0.15) is 0 Å². The van der Waals surface area contributed by atoms with Gasteiger partial charge in [-0.2, -0.15) is 0 Å². The molecule has 1 aliphatic rings. The molecule has 0 aromatic heterocycles. The van der Waals surface area contributed by atoms with Gasteiger partial charge in [0, 0.05) is 0 Å². The van der Waals surface area contributed by atoms with Crippen molar-refractivity contribution < 1.29 is 47.0 Å². The fourth-order valence-corrected chi connectivity index (χ4v) is 11.3. The molecule has 0 bridgehead atoms. The Morgan fingerprint density at radius 1 is 1.29 bits per heavy atom. The smallest absolute Gasteiger partial charge is 1.00 e. The quantitative estimate of drug-likeness (QED) is 0.561. The maximum atomic E-state index is 12.4. The molecule has 2 rings (SSSR count). The first-order valence-corrected chi connectivity index (χ1v) is 13.8. The molecule has 0 saturated carbocycles. The monoisotopic (exact) mass is 376 g/mol. The number of nitrogens with one attached hydrogen (secondary N) is 1. The molecule has 1 aromatic carbocycles. The van der Waals surface area contributed by atoms with Crippen molar-refractivity contribution >= 4 is 12.6 Å². The van der Waals surface area contributed by atoms with Crippen LogP contribution in [-0.4, -0.2) is 12.6 Å². The van der Waals surface area contributed by atoms with E-state index in [1.165, 1.54) is 3.88 Å². The van der Waals surface area contributed by atoms with Crippen molar-refractivity contribution in [3.8, 4) is 0 Å². The van der Waals surface area contributed by atoms with Crippen molar-refractivity contribution in [3.05, 3.63) is 57.5 Å². The van der Waals surface area contributed by atoms with Gasteiger partial charge in [0.25, 0.3) is 0 Å². The minimum absolute atomic E-state index is 0. The number of halogens is 2. The van der Waals surface area contributed by atoms with E-state index in [1.54, 1.807) is 0 Å². The second kappa shape index (κ2) is 9.65. The van der Waals surface area contributed by atoms with E-state index in [0.717, 1.165) is 17.5 Å². The SMILES string of the molecule is Cc1cccc(C(=O)[NH][Ti+2]([C]2=CC=CC2)[SiH](C)C)c1.[Cl-].[Cl-]. The van der Waals surface area contributed by atoms with Crippen LogP contribution in [0.2, 0.25) is 13.1 Å². The molecule has 0 saturated heterocycles. The van der Waals surface area contributed by atoms with E-state index in [9.17, 15) is 4.79 Å². The Hall–Kier alpha value is -0.319. The van der Waals surface area contributed by atoms with Crippen LogP contribution in [0.4, 0.5) is 0 Å². The Bertz CT molecular complexity index is 546. The molecular weight excluding hydrogens is 357 g/mol. The van der Waals surface area contributed by atoms with E-state index in [4.69, 9.17) is 0 Å². The molecule has 1 aromatic rings. The van der Waals surface area contributed by atoms with E-state index >= 15 is 0 Å². The summed E-state index contributed by atoms with van der Waals surface area (Å²) in [6.45, 7) is 5.92. The van der Waals surface area contributed by atoms with E-state index in [2.05, 4.69) is 35.1 Å². The summed E-state index contributed by atoms with van der Waals surface area (Å²) in [6, 6.07) is 7.84. The molecule has 0 atom stereocenters. The van der Waals surface area contributed by atoms with Crippen LogP contribution < -0.4 is 28.6 Å². The first kappa shape index (κ1) is 20.7. The molecule has 0 heterocycles. The van der Waals surface area contributed by atoms with Crippen molar-refractivity contribution in [1.29, 1.82) is 0 Å². The third kappa shape index (κ3) is 5.76. The Balaban J connectivity index is 0.00000200. The van der Waals surface area contributed by atoms with Gasteiger partial charge in [-0.3, -0.25) is 0 Å². The van der Waals surface area contributed by atoms with Crippen LogP contribution in [0.5, 0.6) is 0 Å². The Labute approximate surface area is 146 Å². The first-order chi connectivity index (χ1) is 9.08. The topological polar surface area (TPSA) is 29.1 Å². The number of carbonyl (C=O) groups excluding carboxylic acids is 1. The number of allylic oxidation sites excluding steroid dienone is 4. The summed E-state index contributed by atoms with van der Waals surface area (Å²) in [6.07, 6.45) is 7.59. The van der Waals surface area contributed by atoms with Crippen molar-refractivity contribution in [2.75, 3.05) is 0 Å². The predicted molar refractivity (Wildman–Crippen MR) is 79.4 cm³/mol. The van der Waals surface area contributed by atoms with Crippen LogP contribution in [0.25, 0.3) is 0 Å². The summed E-state index contributed by atoms with van der Waals surface area (Å²) in [5, 5.41) is 0. The molecule has 0 radical (unpaired) electrons. The number of rotatable bonds is 4. The molecule has 1 N–H and O–H groups in total. The number of aryl methyl sites for hydroxylation is 1. The predicted octanol–water partition coefficient (Wildman–Crippen LogP) is -2.91. The van der Waals surface area contributed by atoms with Crippen molar-refractivity contribution in [2.45, 2.75) is 26.4 Å². The fraction of sp³-hybridized carbons (Fsp3) is 0.267. The molecule has 6 heteroatoms. The second-order valence-corrected chi connectivity index (χ2v) is 18.0. The second-order valence-electron chi connectivity index (χ2n) is 5.22. The number of benzene rings is 1. The first-order valence-electron chi connectivity index (χ1n) is 6.69. The summed E-state index contributed by atoms with van der Waals surface area (Å²) in [5.74, 6) is 0.118. The fourth-order valence-electron chi connectivity index (χ4n) is 2.22. The van der Waals surface area contributed by atoms with Crippen LogP contribution in [0, 0.1) is 6.92 Å². The number of carbonyl (C=O) groups is 1. The zero-order valence-corrected chi connectivity index (χ0v) is 16.7. The largest absolute Gasteiger partial charge is 1.00 e. The minimum Gasteiger partial charge on any atom is -1.00 e. The van der Waals surface area contributed by atoms with E-state index in [1.807, 2.05) is 31.2 Å². The Kier molecular flexibility index (Phi) is 9.50. The van der Waals surface area contributed by atoms with E-state index < -0.39 is 24.0 Å². The molecule has 0 unspecified atom stereocenters. The maximum Gasteiger partial charge on any atom is -1.00 e.